The van der Waals surface area contributed by atoms with Crippen LogP contribution in [0.1, 0.15) is 82.8 Å². The number of fused-ring (bicyclic) bond motifs is 2. The molecule has 1 aliphatic carbocycles. The highest BCUT2D eigenvalue weighted by Crippen LogP contribution is 2.53. The minimum Gasteiger partial charge on any atom is -0.493 e. The highest BCUT2D eigenvalue weighted by atomic mass is 19.3. The molecule has 5 atom stereocenters. The number of rotatable bonds is 4. The maximum atomic E-state index is 15.0. The van der Waals surface area contributed by atoms with Gasteiger partial charge in [0.15, 0.2) is 11.5 Å². The van der Waals surface area contributed by atoms with Crippen LogP contribution in [0, 0.1) is 11.8 Å². The maximum Gasteiger partial charge on any atom is 0.410 e. The number of carbonyl (C=O) groups is 2. The fourth-order valence-electron chi connectivity index (χ4n) is 8.39. The lowest BCUT2D eigenvalue weighted by Gasteiger charge is -2.48. The highest BCUT2D eigenvalue weighted by Gasteiger charge is 2.57. The Kier molecular flexibility index (Phi) is 8.50. The molecule has 1 spiro atoms. The molecule has 0 N–H and O–H groups in total. The number of alkyl halides is 2. The van der Waals surface area contributed by atoms with Crippen LogP contribution in [0.3, 0.4) is 0 Å². The third-order valence-electron chi connectivity index (χ3n) is 10.4. The van der Waals surface area contributed by atoms with E-state index >= 15 is 4.79 Å². The smallest absolute Gasteiger partial charge is 0.410 e. The average molecular weight is 625 g/mol. The molecule has 2 aromatic carbocycles. The van der Waals surface area contributed by atoms with Crippen LogP contribution < -0.4 is 9.47 Å². The first-order valence-electron chi connectivity index (χ1n) is 16.4. The van der Waals surface area contributed by atoms with Crippen molar-refractivity contribution in [1.82, 2.24) is 9.80 Å². The Morgan fingerprint density at radius 2 is 1.80 bits per heavy atom. The van der Waals surface area contributed by atoms with E-state index in [1.165, 1.54) is 5.56 Å². The number of hydrogen-bond donors (Lipinski definition) is 0. The standard InChI is InChI=1S/C36H46F2N2O5/c1-34(2,3)45-33(42)39-22-28(35(23-39)17-19-44-31-27(35)13-8-14-30(31)43-4)32(41)40-18-15-25(24-10-6-5-7-11-24)20-29(40)26-12-9-16-36(37,38)21-26/h5-8,10-11,13-14,25-26,28-29H,9,12,15-23H2,1-4H3/t25-,26?,28+,29+,35+/m1/s1. The van der Waals surface area contributed by atoms with Crippen molar-refractivity contribution in [3.8, 4) is 11.5 Å². The molecule has 2 amide bonds. The van der Waals surface area contributed by atoms with Crippen LogP contribution in [0.4, 0.5) is 13.6 Å². The first kappa shape index (κ1) is 31.6. The van der Waals surface area contributed by atoms with Crippen molar-refractivity contribution in [2.24, 2.45) is 11.8 Å². The van der Waals surface area contributed by atoms with Gasteiger partial charge in [-0.2, -0.15) is 0 Å². The first-order chi connectivity index (χ1) is 21.4. The molecule has 2 aromatic rings. The summed E-state index contributed by atoms with van der Waals surface area (Å²) in [6.07, 6.45) is 2.33. The summed E-state index contributed by atoms with van der Waals surface area (Å²) in [7, 11) is 1.59. The summed E-state index contributed by atoms with van der Waals surface area (Å²) in [5, 5.41) is 0. The molecule has 9 heteroatoms. The van der Waals surface area contributed by atoms with E-state index in [1.54, 1.807) is 12.0 Å². The van der Waals surface area contributed by atoms with Crippen LogP contribution >= 0.6 is 0 Å². The van der Waals surface area contributed by atoms with Gasteiger partial charge in [0.1, 0.15) is 5.60 Å². The van der Waals surface area contributed by atoms with E-state index in [0.29, 0.717) is 56.9 Å². The number of likely N-dealkylation sites (tertiary alicyclic amines) is 2. The lowest BCUT2D eigenvalue weighted by atomic mass is 9.67. The molecule has 4 aliphatic rings. The Balaban J connectivity index is 1.38. The third kappa shape index (κ3) is 6.24. The number of amides is 2. The normalized spacial score (nSPS) is 29.6. The number of benzene rings is 2. The molecule has 0 aromatic heterocycles. The molecular formula is C36H46F2N2O5. The number of carbonyl (C=O) groups excluding carboxylic acids is 2. The quantitative estimate of drug-likeness (QED) is 0.361. The Morgan fingerprint density at radius 3 is 2.51 bits per heavy atom. The molecule has 1 unspecified atom stereocenters. The zero-order valence-electron chi connectivity index (χ0n) is 26.9. The average Bonchev–Trinajstić information content (AvgIpc) is 3.39. The number of halogens is 2. The van der Waals surface area contributed by atoms with Gasteiger partial charge < -0.3 is 24.0 Å². The maximum absolute atomic E-state index is 15.0. The van der Waals surface area contributed by atoms with Gasteiger partial charge in [0.25, 0.3) is 0 Å². The van der Waals surface area contributed by atoms with Gasteiger partial charge in [-0.3, -0.25) is 4.79 Å². The molecule has 0 radical (unpaired) electrons. The number of hydrogen-bond acceptors (Lipinski definition) is 5. The van der Waals surface area contributed by atoms with E-state index in [-0.39, 0.29) is 43.2 Å². The van der Waals surface area contributed by atoms with Gasteiger partial charge in [0.05, 0.1) is 19.6 Å². The predicted molar refractivity (Wildman–Crippen MR) is 167 cm³/mol. The minimum atomic E-state index is -2.73. The summed E-state index contributed by atoms with van der Waals surface area (Å²) in [4.78, 5) is 32.1. The lowest BCUT2D eigenvalue weighted by Crippen LogP contribution is -2.56. The predicted octanol–water partition coefficient (Wildman–Crippen LogP) is 7.18. The minimum absolute atomic E-state index is 0.0675. The number of methoxy groups -OCH3 is 1. The number of nitrogens with zero attached hydrogens (tertiary/aromatic N) is 2. The Hall–Kier alpha value is -3.36. The molecule has 3 fully saturated rings. The fraction of sp³-hybridized carbons (Fsp3) is 0.611. The zero-order chi connectivity index (χ0) is 32.0. The molecule has 7 nitrogen and oxygen atoms in total. The topological polar surface area (TPSA) is 68.3 Å². The van der Waals surface area contributed by atoms with Gasteiger partial charge in [-0.05, 0) is 76.3 Å². The molecule has 2 saturated heterocycles. The first-order valence-corrected chi connectivity index (χ1v) is 16.4. The SMILES string of the molecule is COc1cccc2c1OCC[C@]21CN(C(=O)OC(C)(C)C)C[C@H]1C(=O)N1CC[C@@H](c2ccccc2)C[C@H]1C1CCCC(F)(F)C1. The van der Waals surface area contributed by atoms with E-state index in [1.807, 2.05) is 62.1 Å². The number of piperidine rings is 1. The van der Waals surface area contributed by atoms with Gasteiger partial charge in [-0.1, -0.05) is 42.5 Å². The summed E-state index contributed by atoms with van der Waals surface area (Å²) >= 11 is 0. The van der Waals surface area contributed by atoms with Crippen molar-refractivity contribution in [1.29, 1.82) is 0 Å². The summed E-state index contributed by atoms with van der Waals surface area (Å²) in [6, 6.07) is 15.6. The molecule has 1 saturated carbocycles. The second-order valence-electron chi connectivity index (χ2n) is 14.4. The van der Waals surface area contributed by atoms with Gasteiger partial charge in [-0.15, -0.1) is 0 Å². The van der Waals surface area contributed by atoms with Gasteiger partial charge >= 0.3 is 6.09 Å². The van der Waals surface area contributed by atoms with E-state index in [2.05, 4.69) is 12.1 Å². The molecule has 244 valence electrons. The fourth-order valence-corrected chi connectivity index (χ4v) is 8.39. The van der Waals surface area contributed by atoms with Crippen molar-refractivity contribution in [3.63, 3.8) is 0 Å². The van der Waals surface area contributed by atoms with Crippen molar-refractivity contribution in [2.45, 2.75) is 94.6 Å². The van der Waals surface area contributed by atoms with Crippen molar-refractivity contribution >= 4 is 12.0 Å². The summed E-state index contributed by atoms with van der Waals surface area (Å²) in [5.41, 5.74) is 0.612. The second kappa shape index (κ2) is 12.1. The highest BCUT2D eigenvalue weighted by molar-refractivity contribution is 5.84. The second-order valence-corrected chi connectivity index (χ2v) is 14.4. The Morgan fingerprint density at radius 1 is 1.02 bits per heavy atom. The Labute approximate surface area is 265 Å². The monoisotopic (exact) mass is 624 g/mol. The number of ether oxygens (including phenoxy) is 3. The largest absolute Gasteiger partial charge is 0.493 e. The van der Waals surface area contributed by atoms with Gasteiger partial charge in [0, 0.05) is 49.5 Å². The van der Waals surface area contributed by atoms with Crippen LogP contribution in [0.2, 0.25) is 0 Å². The molecule has 6 rings (SSSR count). The van der Waals surface area contributed by atoms with Crippen LogP contribution in [0.5, 0.6) is 11.5 Å². The van der Waals surface area contributed by atoms with Crippen LogP contribution in [-0.2, 0) is 14.9 Å². The molecule has 3 aliphatic heterocycles. The summed E-state index contributed by atoms with van der Waals surface area (Å²) < 4.78 is 47.3. The number of para-hydroxylation sites is 1. The lowest BCUT2D eigenvalue weighted by molar-refractivity contribution is -0.145. The van der Waals surface area contributed by atoms with E-state index < -0.39 is 28.9 Å². The van der Waals surface area contributed by atoms with E-state index in [4.69, 9.17) is 14.2 Å². The zero-order valence-corrected chi connectivity index (χ0v) is 26.9. The van der Waals surface area contributed by atoms with Crippen molar-refractivity contribution < 1.29 is 32.6 Å². The van der Waals surface area contributed by atoms with Crippen LogP contribution in [-0.4, -0.2) is 72.7 Å². The van der Waals surface area contributed by atoms with Crippen molar-refractivity contribution in [3.05, 3.63) is 59.7 Å². The van der Waals surface area contributed by atoms with Crippen LogP contribution in [0.15, 0.2) is 48.5 Å². The van der Waals surface area contributed by atoms with Crippen molar-refractivity contribution in [2.75, 3.05) is 33.4 Å². The molecule has 0 bridgehead atoms. The van der Waals surface area contributed by atoms with E-state index in [9.17, 15) is 13.6 Å². The third-order valence-corrected chi connectivity index (χ3v) is 10.4. The summed E-state index contributed by atoms with van der Waals surface area (Å²) in [5.74, 6) is -2.29. The molecular weight excluding hydrogens is 578 g/mol. The van der Waals surface area contributed by atoms with Gasteiger partial charge in [-0.25, -0.2) is 13.6 Å². The molecule has 45 heavy (non-hydrogen) atoms. The van der Waals surface area contributed by atoms with E-state index in [0.717, 1.165) is 12.0 Å². The Bertz CT molecular complexity index is 1400. The van der Waals surface area contributed by atoms with Crippen LogP contribution in [0.25, 0.3) is 0 Å². The molecule has 3 heterocycles. The van der Waals surface area contributed by atoms with Gasteiger partial charge in [0.2, 0.25) is 11.8 Å². The summed E-state index contributed by atoms with van der Waals surface area (Å²) in [6.45, 7) is 6.84.